The summed E-state index contributed by atoms with van der Waals surface area (Å²) in [5.41, 5.74) is -0.493. The first-order valence-electron chi connectivity index (χ1n) is 5.29. The van der Waals surface area contributed by atoms with Crippen LogP contribution in [0, 0.1) is 11.8 Å². The predicted molar refractivity (Wildman–Crippen MR) is 53.6 cm³/mol. The summed E-state index contributed by atoms with van der Waals surface area (Å²) < 4.78 is 5.62. The molecule has 1 heterocycles. The first-order valence-corrected chi connectivity index (χ1v) is 5.29. The van der Waals surface area contributed by atoms with Gasteiger partial charge < -0.3 is 9.84 Å². The van der Waals surface area contributed by atoms with Gasteiger partial charge in [-0.05, 0) is 18.3 Å². The molecule has 1 aliphatic rings. The van der Waals surface area contributed by atoms with Gasteiger partial charge in [-0.1, -0.05) is 27.7 Å². The molecule has 1 fully saturated rings. The molecule has 0 aromatic carbocycles. The number of hydrogen-bond donors (Lipinski definition) is 1. The number of aliphatic hydroxyl groups is 1. The van der Waals surface area contributed by atoms with Gasteiger partial charge in [0.1, 0.15) is 0 Å². The minimum atomic E-state index is -0.493. The van der Waals surface area contributed by atoms with E-state index in [0.717, 1.165) is 12.8 Å². The Labute approximate surface area is 81.3 Å². The zero-order valence-corrected chi connectivity index (χ0v) is 9.21. The Hall–Kier alpha value is -0.0800. The highest BCUT2D eigenvalue weighted by molar-refractivity contribution is 4.89. The Balaban J connectivity index is 2.60. The minimum Gasteiger partial charge on any atom is -0.389 e. The second-order valence-corrected chi connectivity index (χ2v) is 4.87. The Morgan fingerprint density at radius 3 is 2.38 bits per heavy atom. The fraction of sp³-hybridized carbons (Fsp3) is 1.00. The highest BCUT2D eigenvalue weighted by atomic mass is 16.5. The summed E-state index contributed by atoms with van der Waals surface area (Å²) in [6.45, 7) is 9.18. The molecular formula is C11H22O2. The van der Waals surface area contributed by atoms with E-state index in [9.17, 15) is 5.11 Å². The van der Waals surface area contributed by atoms with Gasteiger partial charge in [-0.15, -0.1) is 0 Å². The van der Waals surface area contributed by atoms with Crippen LogP contribution in [0.1, 0.15) is 40.5 Å². The van der Waals surface area contributed by atoms with Crippen LogP contribution in [0.25, 0.3) is 0 Å². The van der Waals surface area contributed by atoms with Crippen molar-refractivity contribution in [3.05, 3.63) is 0 Å². The van der Waals surface area contributed by atoms with E-state index < -0.39 is 5.60 Å². The molecule has 78 valence electrons. The fourth-order valence-corrected chi connectivity index (χ4v) is 1.85. The molecule has 0 amide bonds. The minimum absolute atomic E-state index is 0.237. The van der Waals surface area contributed by atoms with Gasteiger partial charge in [0.2, 0.25) is 0 Å². The molecule has 1 N–H and O–H groups in total. The molecule has 1 aliphatic heterocycles. The van der Waals surface area contributed by atoms with Crippen LogP contribution in [0.4, 0.5) is 0 Å². The first-order chi connectivity index (χ1) is 5.96. The van der Waals surface area contributed by atoms with Crippen molar-refractivity contribution in [1.82, 2.24) is 0 Å². The fourth-order valence-electron chi connectivity index (χ4n) is 1.85. The smallest absolute Gasteiger partial charge is 0.0717 e. The van der Waals surface area contributed by atoms with Gasteiger partial charge in [0.15, 0.2) is 0 Å². The van der Waals surface area contributed by atoms with Crippen LogP contribution in [0.5, 0.6) is 0 Å². The Morgan fingerprint density at radius 2 is 1.92 bits per heavy atom. The predicted octanol–water partition coefficient (Wildman–Crippen LogP) is 2.21. The molecule has 0 spiro atoms. The maximum absolute atomic E-state index is 10.3. The standard InChI is InChI=1S/C11H22O2/c1-8(2)10-7-11(12,9(3)4)5-6-13-10/h8-10,12H,5-7H2,1-4H3. The van der Waals surface area contributed by atoms with Crippen LogP contribution in [0.2, 0.25) is 0 Å². The SMILES string of the molecule is CC(C)C1CC(O)(C(C)C)CCO1. The van der Waals surface area contributed by atoms with Crippen molar-refractivity contribution in [2.24, 2.45) is 11.8 Å². The average molecular weight is 186 g/mol. The largest absolute Gasteiger partial charge is 0.389 e. The van der Waals surface area contributed by atoms with Gasteiger partial charge >= 0.3 is 0 Å². The summed E-state index contributed by atoms with van der Waals surface area (Å²) in [5, 5.41) is 10.3. The summed E-state index contributed by atoms with van der Waals surface area (Å²) in [5.74, 6) is 0.836. The van der Waals surface area contributed by atoms with E-state index in [2.05, 4.69) is 27.7 Å². The quantitative estimate of drug-likeness (QED) is 0.716. The van der Waals surface area contributed by atoms with Gasteiger partial charge in [-0.25, -0.2) is 0 Å². The monoisotopic (exact) mass is 186 g/mol. The van der Waals surface area contributed by atoms with E-state index in [1.807, 2.05) is 0 Å². The lowest BCUT2D eigenvalue weighted by molar-refractivity contribution is -0.136. The lowest BCUT2D eigenvalue weighted by Crippen LogP contribution is -2.46. The summed E-state index contributed by atoms with van der Waals surface area (Å²) in [7, 11) is 0. The molecule has 2 unspecified atom stereocenters. The third kappa shape index (κ3) is 2.44. The molecule has 1 saturated heterocycles. The zero-order valence-electron chi connectivity index (χ0n) is 9.21. The molecule has 0 bridgehead atoms. The molecule has 1 rings (SSSR count). The van der Waals surface area contributed by atoms with Gasteiger partial charge in [-0.2, -0.15) is 0 Å². The van der Waals surface area contributed by atoms with Crippen molar-refractivity contribution in [2.75, 3.05) is 6.61 Å². The molecule has 0 saturated carbocycles. The lowest BCUT2D eigenvalue weighted by atomic mass is 9.79. The van der Waals surface area contributed by atoms with Crippen molar-refractivity contribution < 1.29 is 9.84 Å². The van der Waals surface area contributed by atoms with Crippen molar-refractivity contribution in [3.8, 4) is 0 Å². The van der Waals surface area contributed by atoms with Crippen LogP contribution in [-0.2, 0) is 4.74 Å². The van der Waals surface area contributed by atoms with Crippen LogP contribution in [0.15, 0.2) is 0 Å². The van der Waals surface area contributed by atoms with Crippen molar-refractivity contribution in [1.29, 1.82) is 0 Å². The van der Waals surface area contributed by atoms with Gasteiger partial charge in [0, 0.05) is 13.0 Å². The van der Waals surface area contributed by atoms with Gasteiger partial charge in [-0.3, -0.25) is 0 Å². The Bertz CT molecular complexity index is 165. The highest BCUT2D eigenvalue weighted by Gasteiger charge is 2.38. The average Bonchev–Trinajstić information content (AvgIpc) is 2.04. The van der Waals surface area contributed by atoms with Crippen molar-refractivity contribution >= 4 is 0 Å². The normalized spacial score (nSPS) is 35.8. The molecule has 0 radical (unpaired) electrons. The topological polar surface area (TPSA) is 29.5 Å². The molecule has 0 aromatic rings. The Morgan fingerprint density at radius 1 is 1.31 bits per heavy atom. The zero-order chi connectivity index (χ0) is 10.1. The lowest BCUT2D eigenvalue weighted by Gasteiger charge is -2.41. The number of ether oxygens (including phenoxy) is 1. The third-order valence-electron chi connectivity index (χ3n) is 3.24. The maximum Gasteiger partial charge on any atom is 0.0717 e. The van der Waals surface area contributed by atoms with Gasteiger partial charge in [0.05, 0.1) is 11.7 Å². The molecule has 2 atom stereocenters. The molecular weight excluding hydrogens is 164 g/mol. The summed E-state index contributed by atoms with van der Waals surface area (Å²) in [6, 6.07) is 0. The molecule has 0 aliphatic carbocycles. The summed E-state index contributed by atoms with van der Waals surface area (Å²) >= 11 is 0. The highest BCUT2D eigenvalue weighted by Crippen LogP contribution is 2.33. The van der Waals surface area contributed by atoms with E-state index in [-0.39, 0.29) is 6.10 Å². The maximum atomic E-state index is 10.3. The van der Waals surface area contributed by atoms with Crippen molar-refractivity contribution in [2.45, 2.75) is 52.2 Å². The third-order valence-corrected chi connectivity index (χ3v) is 3.24. The van der Waals surface area contributed by atoms with Crippen molar-refractivity contribution in [3.63, 3.8) is 0 Å². The Kier molecular flexibility index (Phi) is 3.36. The molecule has 2 nitrogen and oxygen atoms in total. The second kappa shape index (κ2) is 3.97. The van der Waals surface area contributed by atoms with E-state index in [1.54, 1.807) is 0 Å². The van der Waals surface area contributed by atoms with Gasteiger partial charge in [0.25, 0.3) is 0 Å². The van der Waals surface area contributed by atoms with Crippen LogP contribution in [-0.4, -0.2) is 23.4 Å². The second-order valence-electron chi connectivity index (χ2n) is 4.87. The number of rotatable bonds is 2. The van der Waals surface area contributed by atoms with Crippen LogP contribution < -0.4 is 0 Å². The van der Waals surface area contributed by atoms with E-state index in [4.69, 9.17) is 4.74 Å². The first kappa shape index (κ1) is 11.0. The van der Waals surface area contributed by atoms with Crippen LogP contribution >= 0.6 is 0 Å². The molecule has 0 aromatic heterocycles. The van der Waals surface area contributed by atoms with E-state index >= 15 is 0 Å². The van der Waals surface area contributed by atoms with E-state index in [1.165, 1.54) is 0 Å². The van der Waals surface area contributed by atoms with E-state index in [0.29, 0.717) is 18.4 Å². The van der Waals surface area contributed by atoms with Crippen LogP contribution in [0.3, 0.4) is 0 Å². The summed E-state index contributed by atoms with van der Waals surface area (Å²) in [4.78, 5) is 0. The number of hydrogen-bond acceptors (Lipinski definition) is 2. The molecule has 13 heavy (non-hydrogen) atoms. The molecule has 2 heteroatoms. The summed E-state index contributed by atoms with van der Waals surface area (Å²) in [6.07, 6.45) is 1.82.